The summed E-state index contributed by atoms with van der Waals surface area (Å²) in [4.78, 5) is 3.38. The van der Waals surface area contributed by atoms with Gasteiger partial charge in [-0.2, -0.15) is 5.26 Å². The number of nitrogens with zero attached hydrogens (tertiary/aromatic N) is 2. The smallest absolute Gasteiger partial charge is 0.243 e. The molecule has 0 saturated heterocycles. The molecule has 156 valence electrons. The highest BCUT2D eigenvalue weighted by Crippen LogP contribution is 2.20. The first-order valence-electron chi connectivity index (χ1n) is 8.57. The van der Waals surface area contributed by atoms with Gasteiger partial charge in [-0.05, 0) is 36.8 Å². The molecule has 12 heteroatoms. The molecule has 1 aromatic carbocycles. The Morgan fingerprint density at radius 1 is 1.17 bits per heavy atom. The van der Waals surface area contributed by atoms with Gasteiger partial charge in [-0.1, -0.05) is 6.92 Å². The molecule has 0 bridgehead atoms. The maximum Gasteiger partial charge on any atom is 0.243 e. The molecule has 2 aromatic rings. The second-order valence-corrected chi connectivity index (χ2v) is 9.48. The molecule has 0 amide bonds. The molecule has 1 heterocycles. The number of hydrogen-bond acceptors (Lipinski definition) is 7. The predicted octanol–water partition coefficient (Wildman–Crippen LogP) is 1.63. The summed E-state index contributed by atoms with van der Waals surface area (Å²) in [6.45, 7) is 1.71. The minimum atomic E-state index is -4.16. The summed E-state index contributed by atoms with van der Waals surface area (Å²) >= 11 is 0. The minimum Gasteiger partial charge on any atom is -0.368 e. The van der Waals surface area contributed by atoms with Gasteiger partial charge in [0.2, 0.25) is 20.0 Å². The number of nitriles is 1. The maximum absolute atomic E-state index is 14.3. The standard InChI is InChI=1S/C17H20FN5O4S2/c1-2-10-28(24,25)23-14-5-6-16(15(18)11-14)29(26,27)22-9-8-21-17-13(12-19)4-3-7-20-17/h3-7,11,22-23H,2,8-10H2,1H3,(H,20,21). The van der Waals surface area contributed by atoms with Gasteiger partial charge < -0.3 is 5.32 Å². The van der Waals surface area contributed by atoms with Crippen LogP contribution in [0.3, 0.4) is 0 Å². The molecule has 0 radical (unpaired) electrons. The average molecular weight is 442 g/mol. The van der Waals surface area contributed by atoms with Crippen LogP contribution in [0.1, 0.15) is 18.9 Å². The zero-order chi connectivity index (χ0) is 21.5. The fourth-order valence-corrected chi connectivity index (χ4v) is 4.58. The number of halogens is 1. The number of anilines is 2. The Kier molecular flexibility index (Phi) is 7.49. The fraction of sp³-hybridized carbons (Fsp3) is 0.294. The van der Waals surface area contributed by atoms with Crippen molar-refractivity contribution >= 4 is 31.6 Å². The Hall–Kier alpha value is -2.75. The van der Waals surface area contributed by atoms with E-state index < -0.39 is 30.8 Å². The molecule has 9 nitrogen and oxygen atoms in total. The molecule has 0 aliphatic carbocycles. The van der Waals surface area contributed by atoms with E-state index in [4.69, 9.17) is 5.26 Å². The van der Waals surface area contributed by atoms with Crippen LogP contribution in [0.5, 0.6) is 0 Å². The lowest BCUT2D eigenvalue weighted by molar-refractivity contribution is 0.558. The quantitative estimate of drug-likeness (QED) is 0.476. The first-order chi connectivity index (χ1) is 13.7. The van der Waals surface area contributed by atoms with Crippen molar-refractivity contribution in [2.24, 2.45) is 0 Å². The summed E-state index contributed by atoms with van der Waals surface area (Å²) in [6.07, 6.45) is 1.87. The second kappa shape index (κ2) is 9.64. The molecule has 29 heavy (non-hydrogen) atoms. The van der Waals surface area contributed by atoms with Crippen LogP contribution < -0.4 is 14.8 Å². The number of hydrogen-bond donors (Lipinski definition) is 3. The van der Waals surface area contributed by atoms with Crippen molar-refractivity contribution in [3.8, 4) is 6.07 Å². The Labute approximate surface area is 169 Å². The van der Waals surface area contributed by atoms with E-state index >= 15 is 0 Å². The van der Waals surface area contributed by atoms with Gasteiger partial charge in [-0.15, -0.1) is 0 Å². The lowest BCUT2D eigenvalue weighted by atomic mass is 10.3. The Bertz CT molecular complexity index is 1110. The van der Waals surface area contributed by atoms with Crippen LogP contribution in [0.15, 0.2) is 41.4 Å². The molecule has 0 atom stereocenters. The third kappa shape index (κ3) is 6.38. The van der Waals surface area contributed by atoms with E-state index in [-0.39, 0.29) is 24.5 Å². The van der Waals surface area contributed by atoms with E-state index in [1.54, 1.807) is 19.1 Å². The molecule has 3 N–H and O–H groups in total. The summed E-state index contributed by atoms with van der Waals surface area (Å²) in [5.74, 6) is -0.907. The molecule has 0 unspecified atom stereocenters. The van der Waals surface area contributed by atoms with E-state index in [2.05, 4.69) is 19.7 Å². The van der Waals surface area contributed by atoms with Crippen LogP contribution >= 0.6 is 0 Å². The molecular weight excluding hydrogens is 421 g/mol. The first kappa shape index (κ1) is 22.5. The summed E-state index contributed by atoms with van der Waals surface area (Å²) in [5, 5.41) is 11.8. The summed E-state index contributed by atoms with van der Waals surface area (Å²) < 4.78 is 66.8. The van der Waals surface area contributed by atoms with E-state index in [0.717, 1.165) is 12.1 Å². The molecule has 0 fully saturated rings. The van der Waals surface area contributed by atoms with Gasteiger partial charge in [0.15, 0.2) is 0 Å². The lowest BCUT2D eigenvalue weighted by Crippen LogP contribution is -2.29. The van der Waals surface area contributed by atoms with Crippen molar-refractivity contribution in [3.05, 3.63) is 47.9 Å². The topological polar surface area (TPSA) is 141 Å². The number of rotatable bonds is 10. The predicted molar refractivity (Wildman–Crippen MR) is 107 cm³/mol. The van der Waals surface area contributed by atoms with Crippen molar-refractivity contribution < 1.29 is 21.2 Å². The highest BCUT2D eigenvalue weighted by molar-refractivity contribution is 7.92. The summed E-state index contributed by atoms with van der Waals surface area (Å²) in [5.41, 5.74) is 0.248. The average Bonchev–Trinajstić information content (AvgIpc) is 2.65. The number of pyridine rings is 1. The van der Waals surface area contributed by atoms with Gasteiger partial charge in [0.1, 0.15) is 22.6 Å². The van der Waals surface area contributed by atoms with Crippen molar-refractivity contribution in [1.29, 1.82) is 5.26 Å². The monoisotopic (exact) mass is 441 g/mol. The first-order valence-corrected chi connectivity index (χ1v) is 11.7. The van der Waals surface area contributed by atoms with Gasteiger partial charge in [-0.3, -0.25) is 4.72 Å². The van der Waals surface area contributed by atoms with Gasteiger partial charge in [0, 0.05) is 19.3 Å². The molecular formula is C17H20FN5O4S2. The van der Waals surface area contributed by atoms with Gasteiger partial charge in [-0.25, -0.2) is 30.9 Å². The molecule has 2 rings (SSSR count). The van der Waals surface area contributed by atoms with E-state index in [1.165, 1.54) is 12.3 Å². The summed E-state index contributed by atoms with van der Waals surface area (Å²) in [7, 11) is -7.78. The van der Waals surface area contributed by atoms with Crippen molar-refractivity contribution in [3.63, 3.8) is 0 Å². The number of aromatic nitrogens is 1. The van der Waals surface area contributed by atoms with Crippen LogP contribution in [0.2, 0.25) is 0 Å². The zero-order valence-electron chi connectivity index (χ0n) is 15.5. The molecule has 1 aromatic heterocycles. The van der Waals surface area contributed by atoms with E-state index in [1.807, 2.05) is 6.07 Å². The van der Waals surface area contributed by atoms with Gasteiger partial charge >= 0.3 is 0 Å². The Morgan fingerprint density at radius 2 is 1.93 bits per heavy atom. The van der Waals surface area contributed by atoms with E-state index in [0.29, 0.717) is 17.8 Å². The normalized spacial score (nSPS) is 11.6. The van der Waals surface area contributed by atoms with Crippen molar-refractivity contribution in [2.45, 2.75) is 18.2 Å². The molecule has 0 spiro atoms. The second-order valence-electron chi connectivity index (χ2n) is 5.90. The van der Waals surface area contributed by atoms with Crippen LogP contribution in [-0.4, -0.2) is 40.7 Å². The number of benzene rings is 1. The van der Waals surface area contributed by atoms with Crippen LogP contribution in [-0.2, 0) is 20.0 Å². The minimum absolute atomic E-state index is 0.0595. The molecule has 0 aliphatic rings. The Morgan fingerprint density at radius 3 is 2.59 bits per heavy atom. The lowest BCUT2D eigenvalue weighted by Gasteiger charge is -2.11. The molecule has 0 saturated carbocycles. The Balaban J connectivity index is 2.01. The van der Waals surface area contributed by atoms with Crippen LogP contribution in [0.25, 0.3) is 0 Å². The fourth-order valence-electron chi connectivity index (χ4n) is 2.36. The van der Waals surface area contributed by atoms with E-state index in [9.17, 15) is 21.2 Å². The SMILES string of the molecule is CCCS(=O)(=O)Nc1ccc(S(=O)(=O)NCCNc2ncccc2C#N)c(F)c1. The molecule has 0 aliphatic heterocycles. The largest absolute Gasteiger partial charge is 0.368 e. The van der Waals surface area contributed by atoms with Gasteiger partial charge in [0.05, 0.1) is 17.0 Å². The summed E-state index contributed by atoms with van der Waals surface area (Å²) in [6, 6.07) is 8.09. The van der Waals surface area contributed by atoms with Crippen LogP contribution in [0.4, 0.5) is 15.9 Å². The number of nitrogens with one attached hydrogen (secondary N) is 3. The van der Waals surface area contributed by atoms with Crippen molar-refractivity contribution in [2.75, 3.05) is 28.9 Å². The number of sulfonamides is 2. The van der Waals surface area contributed by atoms with Crippen LogP contribution in [0, 0.1) is 17.1 Å². The third-order valence-corrected chi connectivity index (χ3v) is 6.59. The maximum atomic E-state index is 14.3. The highest BCUT2D eigenvalue weighted by atomic mass is 32.2. The van der Waals surface area contributed by atoms with Gasteiger partial charge in [0.25, 0.3) is 0 Å². The van der Waals surface area contributed by atoms with Crippen molar-refractivity contribution in [1.82, 2.24) is 9.71 Å². The highest BCUT2D eigenvalue weighted by Gasteiger charge is 2.20. The third-order valence-electron chi connectivity index (χ3n) is 3.61. The zero-order valence-corrected chi connectivity index (χ0v) is 17.1.